The molecule has 4 heteroatoms. The lowest BCUT2D eigenvalue weighted by Crippen LogP contribution is -2.35. The number of nitrogens with zero attached hydrogens (tertiary/aromatic N) is 1. The first kappa shape index (κ1) is 21.5. The number of Topliss-reactive ketones (excluding diaryl/α,β-unsaturated/α-hetero) is 1. The molecule has 2 fully saturated rings. The fourth-order valence-electron chi connectivity index (χ4n) is 3.50. The SMILES string of the molecule is CC.CC.CN1CCC2CCC(=O)CC21.Cc1cccc2c1OCO2. The number of ether oxygens (including phenoxy) is 2. The van der Waals surface area contributed by atoms with Gasteiger partial charge in [-0.2, -0.15) is 0 Å². The molecule has 0 radical (unpaired) electrons. The summed E-state index contributed by atoms with van der Waals surface area (Å²) in [5.74, 6) is 3.06. The van der Waals surface area contributed by atoms with Crippen LogP contribution < -0.4 is 9.47 Å². The molecule has 25 heavy (non-hydrogen) atoms. The number of benzene rings is 1. The molecule has 1 aliphatic carbocycles. The summed E-state index contributed by atoms with van der Waals surface area (Å²) in [6.45, 7) is 11.6. The van der Waals surface area contributed by atoms with Gasteiger partial charge in [0.1, 0.15) is 5.78 Å². The topological polar surface area (TPSA) is 38.8 Å². The van der Waals surface area contributed by atoms with Crippen LogP contribution >= 0.6 is 0 Å². The van der Waals surface area contributed by atoms with Crippen LogP contribution in [0.15, 0.2) is 18.2 Å². The van der Waals surface area contributed by atoms with Gasteiger partial charge in [0.25, 0.3) is 0 Å². The highest BCUT2D eigenvalue weighted by atomic mass is 16.7. The summed E-state index contributed by atoms with van der Waals surface area (Å²) in [6, 6.07) is 6.47. The molecule has 4 nitrogen and oxygen atoms in total. The molecule has 0 amide bonds. The van der Waals surface area contributed by atoms with Gasteiger partial charge in [-0.3, -0.25) is 4.79 Å². The van der Waals surface area contributed by atoms with Crippen molar-refractivity contribution >= 4 is 5.78 Å². The van der Waals surface area contributed by atoms with Crippen molar-refractivity contribution < 1.29 is 14.3 Å². The fourth-order valence-corrected chi connectivity index (χ4v) is 3.50. The Balaban J connectivity index is 0.000000210. The summed E-state index contributed by atoms with van der Waals surface area (Å²) in [5, 5.41) is 0. The van der Waals surface area contributed by atoms with Crippen LogP contribution in [-0.4, -0.2) is 37.1 Å². The standard InChI is InChI=1S/C9H15NO.C8H8O2.2C2H6/c1-10-5-4-7-2-3-8(11)6-9(7)10;1-6-3-2-4-7-8(6)10-5-9-7;2*1-2/h7,9H,2-6H2,1H3;2-4H,5H2,1H3;2*1-2H3. The van der Waals surface area contributed by atoms with Crippen LogP contribution in [0.4, 0.5) is 0 Å². The molecule has 0 aromatic heterocycles. The van der Waals surface area contributed by atoms with Gasteiger partial charge >= 0.3 is 0 Å². The van der Waals surface area contributed by atoms with E-state index in [1.54, 1.807) is 0 Å². The second kappa shape index (κ2) is 11.1. The van der Waals surface area contributed by atoms with Gasteiger partial charge in [0, 0.05) is 18.9 Å². The van der Waals surface area contributed by atoms with E-state index in [-0.39, 0.29) is 0 Å². The lowest BCUT2D eigenvalue weighted by Gasteiger charge is -2.28. The van der Waals surface area contributed by atoms with Crippen LogP contribution in [-0.2, 0) is 4.79 Å². The molecule has 1 saturated carbocycles. The Morgan fingerprint density at radius 1 is 1.08 bits per heavy atom. The summed E-state index contributed by atoms with van der Waals surface area (Å²) >= 11 is 0. The van der Waals surface area contributed by atoms with Crippen molar-refractivity contribution in [1.82, 2.24) is 4.90 Å². The number of carbonyl (C=O) groups is 1. The number of carbonyl (C=O) groups excluding carboxylic acids is 1. The second-order valence-electron chi connectivity index (χ2n) is 6.19. The van der Waals surface area contributed by atoms with Gasteiger partial charge in [-0.05, 0) is 50.9 Å². The number of likely N-dealkylation sites (tertiary alicyclic amines) is 1. The number of rotatable bonds is 0. The number of fused-ring (bicyclic) bond motifs is 2. The maximum absolute atomic E-state index is 11.1. The summed E-state index contributed by atoms with van der Waals surface area (Å²) in [7, 11) is 2.14. The molecule has 0 spiro atoms. The predicted octanol–water partition coefficient (Wildman–Crippen LogP) is 4.84. The fraction of sp³-hybridized carbons (Fsp3) is 0.667. The summed E-state index contributed by atoms with van der Waals surface area (Å²) in [4.78, 5) is 13.5. The van der Waals surface area contributed by atoms with Gasteiger partial charge in [0.15, 0.2) is 11.5 Å². The van der Waals surface area contributed by atoms with Crippen molar-refractivity contribution in [3.8, 4) is 11.5 Å². The molecule has 2 aliphatic heterocycles. The minimum Gasteiger partial charge on any atom is -0.454 e. The average Bonchev–Trinajstić information content (AvgIpc) is 3.27. The molecule has 0 bridgehead atoms. The molecule has 2 atom stereocenters. The summed E-state index contributed by atoms with van der Waals surface area (Å²) < 4.78 is 10.4. The van der Waals surface area contributed by atoms with E-state index >= 15 is 0 Å². The Bertz CT molecular complexity index is 530. The van der Waals surface area contributed by atoms with Gasteiger partial charge in [-0.25, -0.2) is 0 Å². The number of ketones is 1. The quantitative estimate of drug-likeness (QED) is 0.672. The first-order chi connectivity index (χ1) is 12.1. The molecular formula is C21H35NO3. The smallest absolute Gasteiger partial charge is 0.231 e. The number of para-hydroxylation sites is 1. The predicted molar refractivity (Wildman–Crippen MR) is 103 cm³/mol. The van der Waals surface area contributed by atoms with E-state index in [4.69, 9.17) is 9.47 Å². The highest BCUT2D eigenvalue weighted by Gasteiger charge is 2.36. The minimum absolute atomic E-state index is 0.361. The van der Waals surface area contributed by atoms with Crippen molar-refractivity contribution in [2.45, 2.75) is 66.3 Å². The normalized spacial score (nSPS) is 23.2. The van der Waals surface area contributed by atoms with Crippen molar-refractivity contribution in [2.24, 2.45) is 5.92 Å². The van der Waals surface area contributed by atoms with Crippen LogP contribution in [0.2, 0.25) is 0 Å². The Morgan fingerprint density at radius 3 is 2.48 bits per heavy atom. The second-order valence-corrected chi connectivity index (χ2v) is 6.19. The van der Waals surface area contributed by atoms with Crippen molar-refractivity contribution in [1.29, 1.82) is 0 Å². The lowest BCUT2D eigenvalue weighted by molar-refractivity contribution is -0.122. The average molecular weight is 350 g/mol. The zero-order valence-corrected chi connectivity index (χ0v) is 16.8. The van der Waals surface area contributed by atoms with Gasteiger partial charge < -0.3 is 14.4 Å². The third-order valence-electron chi connectivity index (χ3n) is 4.79. The van der Waals surface area contributed by atoms with E-state index in [9.17, 15) is 4.79 Å². The van der Waals surface area contributed by atoms with E-state index in [1.807, 2.05) is 52.8 Å². The third-order valence-corrected chi connectivity index (χ3v) is 4.79. The number of hydrogen-bond acceptors (Lipinski definition) is 4. The third kappa shape index (κ3) is 5.74. The van der Waals surface area contributed by atoms with Gasteiger partial charge in [-0.1, -0.05) is 39.8 Å². The molecule has 1 aromatic carbocycles. The van der Waals surface area contributed by atoms with Gasteiger partial charge in [-0.15, -0.1) is 0 Å². The zero-order valence-electron chi connectivity index (χ0n) is 16.8. The Hall–Kier alpha value is -1.55. The molecule has 2 heterocycles. The van der Waals surface area contributed by atoms with Gasteiger partial charge in [0.05, 0.1) is 0 Å². The Labute approximate surface area is 153 Å². The molecular weight excluding hydrogens is 314 g/mol. The van der Waals surface area contributed by atoms with E-state index in [2.05, 4.69) is 11.9 Å². The molecule has 1 aromatic rings. The lowest BCUT2D eigenvalue weighted by atomic mass is 9.84. The van der Waals surface area contributed by atoms with E-state index in [0.29, 0.717) is 18.6 Å². The van der Waals surface area contributed by atoms with Crippen molar-refractivity contribution in [3.63, 3.8) is 0 Å². The molecule has 3 aliphatic rings. The van der Waals surface area contributed by atoms with Crippen LogP contribution in [0.1, 0.15) is 58.9 Å². The first-order valence-electron chi connectivity index (χ1n) is 9.72. The maximum atomic E-state index is 11.1. The highest BCUT2D eigenvalue weighted by Crippen LogP contribution is 2.34. The summed E-state index contributed by atoms with van der Waals surface area (Å²) in [6.07, 6.45) is 4.12. The first-order valence-corrected chi connectivity index (χ1v) is 9.72. The van der Waals surface area contributed by atoms with Crippen LogP contribution in [0.5, 0.6) is 11.5 Å². The van der Waals surface area contributed by atoms with Crippen molar-refractivity contribution in [3.05, 3.63) is 23.8 Å². The maximum Gasteiger partial charge on any atom is 0.231 e. The largest absolute Gasteiger partial charge is 0.454 e. The zero-order chi connectivity index (χ0) is 18.8. The van der Waals surface area contributed by atoms with E-state index in [1.165, 1.54) is 13.0 Å². The van der Waals surface area contributed by atoms with E-state index in [0.717, 1.165) is 42.2 Å². The highest BCUT2D eigenvalue weighted by molar-refractivity contribution is 5.80. The monoisotopic (exact) mass is 349 g/mol. The van der Waals surface area contributed by atoms with Crippen LogP contribution in [0.3, 0.4) is 0 Å². The van der Waals surface area contributed by atoms with Crippen LogP contribution in [0.25, 0.3) is 0 Å². The molecule has 0 N–H and O–H groups in total. The van der Waals surface area contributed by atoms with Gasteiger partial charge in [0.2, 0.25) is 6.79 Å². The number of aryl methyl sites for hydroxylation is 1. The molecule has 1 saturated heterocycles. The van der Waals surface area contributed by atoms with Crippen molar-refractivity contribution in [2.75, 3.05) is 20.4 Å². The van der Waals surface area contributed by atoms with Crippen LogP contribution in [0, 0.1) is 12.8 Å². The Morgan fingerprint density at radius 2 is 1.80 bits per heavy atom. The molecule has 4 rings (SSSR count). The molecule has 142 valence electrons. The molecule has 2 unspecified atom stereocenters. The Kier molecular flexibility index (Phi) is 9.58. The number of hydrogen-bond donors (Lipinski definition) is 0. The minimum atomic E-state index is 0.361. The summed E-state index contributed by atoms with van der Waals surface area (Å²) in [5.41, 5.74) is 1.13. The van der Waals surface area contributed by atoms with E-state index < -0.39 is 0 Å².